The lowest BCUT2D eigenvalue weighted by Crippen LogP contribution is -2.17. The van der Waals surface area contributed by atoms with Crippen LogP contribution in [0, 0.1) is 0 Å². The van der Waals surface area contributed by atoms with Gasteiger partial charge in [-0.1, -0.05) is 0 Å². The third-order valence-electron chi connectivity index (χ3n) is 3.19. The van der Waals surface area contributed by atoms with Gasteiger partial charge < -0.3 is 29.2 Å². The van der Waals surface area contributed by atoms with Gasteiger partial charge in [0, 0.05) is 12.1 Å². The van der Waals surface area contributed by atoms with Crippen molar-refractivity contribution in [2.24, 2.45) is 0 Å². The van der Waals surface area contributed by atoms with Crippen LogP contribution in [0.4, 0.5) is 26.3 Å². The van der Waals surface area contributed by atoms with Crippen LogP contribution in [0.5, 0.6) is 23.0 Å². The van der Waals surface area contributed by atoms with Gasteiger partial charge >= 0.3 is 18.7 Å². The summed E-state index contributed by atoms with van der Waals surface area (Å²) in [4.78, 5) is 10.6. The minimum absolute atomic E-state index is 0.0286. The zero-order valence-electron chi connectivity index (χ0n) is 15.9. The fraction of sp³-hybridized carbons (Fsp3) is 0.278. The predicted molar refractivity (Wildman–Crippen MR) is 92.2 cm³/mol. The molecule has 0 aliphatic rings. The van der Waals surface area contributed by atoms with Gasteiger partial charge in [-0.05, 0) is 29.8 Å². The molecule has 0 unspecified atom stereocenters. The predicted octanol–water partition coefficient (Wildman–Crippen LogP) is 4.38. The van der Waals surface area contributed by atoms with Crippen LogP contribution in [0.2, 0.25) is 0 Å². The topological polar surface area (TPSA) is 94.5 Å². The summed E-state index contributed by atoms with van der Waals surface area (Å²) in [7, 11) is 2.52. The Morgan fingerprint density at radius 3 is 1.55 bits per heavy atom. The summed E-state index contributed by atoms with van der Waals surface area (Å²) in [5, 5.41) is 17.4. The summed E-state index contributed by atoms with van der Waals surface area (Å²) >= 11 is 0. The summed E-state index contributed by atoms with van der Waals surface area (Å²) in [5.41, 5.74) is -0.0628. The molecule has 2 aromatic rings. The third kappa shape index (κ3) is 9.80. The fourth-order valence-corrected chi connectivity index (χ4v) is 2.04. The summed E-state index contributed by atoms with van der Waals surface area (Å²) < 4.78 is 88.0. The highest BCUT2D eigenvalue weighted by Crippen LogP contribution is 2.29. The van der Waals surface area contributed by atoms with Crippen LogP contribution in [0.15, 0.2) is 36.4 Å². The first kappa shape index (κ1) is 25.7. The Kier molecular flexibility index (Phi) is 8.79. The summed E-state index contributed by atoms with van der Waals surface area (Å²) in [6.45, 7) is -0.384. The molecule has 0 saturated heterocycles. The van der Waals surface area contributed by atoms with Crippen LogP contribution < -0.4 is 18.9 Å². The van der Waals surface area contributed by atoms with Crippen molar-refractivity contribution in [1.29, 1.82) is 0 Å². The van der Waals surface area contributed by atoms with E-state index in [2.05, 4.69) is 14.2 Å². The van der Waals surface area contributed by atoms with Crippen LogP contribution >= 0.6 is 0 Å². The number of carbonyl (C=O) groups is 1. The van der Waals surface area contributed by atoms with Gasteiger partial charge in [0.15, 0.2) is 0 Å². The molecule has 0 aliphatic heterocycles. The van der Waals surface area contributed by atoms with E-state index in [9.17, 15) is 31.1 Å². The molecule has 0 atom stereocenters. The molecule has 0 saturated carbocycles. The number of carboxylic acid groups (broad SMARTS) is 1. The normalized spacial score (nSPS) is 11.1. The molecule has 0 heterocycles. The first-order valence-corrected chi connectivity index (χ1v) is 7.99. The maximum atomic E-state index is 11.9. The van der Waals surface area contributed by atoms with Crippen molar-refractivity contribution < 1.29 is 60.3 Å². The monoisotopic (exact) mass is 458 g/mol. The summed E-state index contributed by atoms with van der Waals surface area (Å²) in [6, 6.07) is 6.40. The van der Waals surface area contributed by atoms with E-state index >= 15 is 0 Å². The molecule has 2 N–H and O–H groups in total. The molecule has 13 heteroatoms. The van der Waals surface area contributed by atoms with E-state index < -0.39 is 30.2 Å². The van der Waals surface area contributed by atoms with Crippen molar-refractivity contribution in [3.8, 4) is 23.0 Å². The molecule has 2 rings (SSSR count). The van der Waals surface area contributed by atoms with Crippen molar-refractivity contribution in [2.75, 3.05) is 14.2 Å². The summed E-state index contributed by atoms with van der Waals surface area (Å²) in [5.74, 6) is -2.25. The van der Waals surface area contributed by atoms with E-state index in [0.717, 1.165) is 30.3 Å². The van der Waals surface area contributed by atoms with Crippen molar-refractivity contribution in [3.63, 3.8) is 0 Å². The quantitative estimate of drug-likeness (QED) is 0.621. The fourth-order valence-electron chi connectivity index (χ4n) is 2.04. The number of hydrogen-bond donors (Lipinski definition) is 2. The Bertz CT molecular complexity index is 858. The molecule has 0 bridgehead atoms. The number of hydrogen-bond acceptors (Lipinski definition) is 6. The number of methoxy groups -OCH3 is 2. The molecule has 2 aromatic carbocycles. The number of aliphatic hydroxyl groups is 1. The molecule has 31 heavy (non-hydrogen) atoms. The molecule has 0 amide bonds. The van der Waals surface area contributed by atoms with E-state index in [1.807, 2.05) is 0 Å². The zero-order valence-corrected chi connectivity index (χ0v) is 15.9. The summed E-state index contributed by atoms with van der Waals surface area (Å²) in [6.07, 6.45) is -9.62. The number of carboxylic acids is 1. The lowest BCUT2D eigenvalue weighted by Gasteiger charge is -2.11. The number of alkyl halides is 6. The van der Waals surface area contributed by atoms with E-state index in [0.29, 0.717) is 0 Å². The van der Waals surface area contributed by atoms with E-state index in [-0.39, 0.29) is 29.2 Å². The van der Waals surface area contributed by atoms with Crippen molar-refractivity contribution in [1.82, 2.24) is 0 Å². The second kappa shape index (κ2) is 10.6. The average Bonchev–Trinajstić information content (AvgIpc) is 2.65. The maximum absolute atomic E-state index is 11.9. The number of aromatic carboxylic acids is 1. The van der Waals surface area contributed by atoms with E-state index in [1.165, 1.54) is 20.3 Å². The molecule has 0 radical (unpaired) electrons. The van der Waals surface area contributed by atoms with Gasteiger partial charge in [0.25, 0.3) is 0 Å². The van der Waals surface area contributed by atoms with Crippen molar-refractivity contribution in [2.45, 2.75) is 19.3 Å². The smallest absolute Gasteiger partial charge is 0.497 e. The van der Waals surface area contributed by atoms with Crippen LogP contribution in [-0.4, -0.2) is 43.1 Å². The SMILES string of the molecule is COc1cc(CO)cc(OC(F)(F)F)c1.COc1cc(OC(F)(F)F)cc(C(=O)O)c1. The molecule has 7 nitrogen and oxygen atoms in total. The molecular weight excluding hydrogens is 442 g/mol. The molecule has 0 aliphatic carbocycles. The van der Waals surface area contributed by atoms with Gasteiger partial charge in [0.05, 0.1) is 26.4 Å². The minimum Gasteiger partial charge on any atom is -0.497 e. The van der Waals surface area contributed by atoms with Gasteiger partial charge in [-0.25, -0.2) is 4.79 Å². The Balaban J connectivity index is 0.000000311. The number of rotatable bonds is 6. The van der Waals surface area contributed by atoms with Crippen molar-refractivity contribution >= 4 is 5.97 Å². The highest BCUT2D eigenvalue weighted by molar-refractivity contribution is 5.88. The number of benzene rings is 2. The number of ether oxygens (including phenoxy) is 4. The minimum atomic E-state index is -4.87. The first-order chi connectivity index (χ1) is 14.3. The Morgan fingerprint density at radius 2 is 1.16 bits per heavy atom. The zero-order chi connectivity index (χ0) is 23.8. The second-order valence-electron chi connectivity index (χ2n) is 5.47. The second-order valence-corrected chi connectivity index (χ2v) is 5.47. The lowest BCUT2D eigenvalue weighted by molar-refractivity contribution is -0.275. The lowest BCUT2D eigenvalue weighted by atomic mass is 10.2. The molecule has 0 spiro atoms. The maximum Gasteiger partial charge on any atom is 0.573 e. The van der Waals surface area contributed by atoms with Crippen molar-refractivity contribution in [3.05, 3.63) is 47.5 Å². The van der Waals surface area contributed by atoms with Gasteiger partial charge in [-0.15, -0.1) is 26.3 Å². The highest BCUT2D eigenvalue weighted by atomic mass is 19.4. The Morgan fingerprint density at radius 1 is 0.774 bits per heavy atom. The Labute approximate surface area is 171 Å². The van der Waals surface area contributed by atoms with Gasteiger partial charge in [-0.3, -0.25) is 0 Å². The largest absolute Gasteiger partial charge is 0.573 e. The highest BCUT2D eigenvalue weighted by Gasteiger charge is 2.32. The first-order valence-electron chi connectivity index (χ1n) is 7.99. The van der Waals surface area contributed by atoms with Crippen LogP contribution in [-0.2, 0) is 6.61 Å². The number of aliphatic hydroxyl groups excluding tert-OH is 1. The standard InChI is InChI=1S/C9H7F3O4.C9H9F3O3/c1-15-6-2-5(8(13)14)3-7(4-6)16-9(10,11)12;1-14-7-2-6(5-13)3-8(4-7)15-9(10,11)12/h2-4H,1H3,(H,13,14);2-4,13H,5H2,1H3. The molecule has 0 aromatic heterocycles. The van der Waals surface area contributed by atoms with E-state index in [4.69, 9.17) is 14.9 Å². The average molecular weight is 458 g/mol. The molecule has 0 fully saturated rings. The number of halogens is 6. The van der Waals surface area contributed by atoms with Crippen LogP contribution in [0.3, 0.4) is 0 Å². The van der Waals surface area contributed by atoms with Crippen LogP contribution in [0.1, 0.15) is 15.9 Å². The van der Waals surface area contributed by atoms with E-state index in [1.54, 1.807) is 0 Å². The molecule has 172 valence electrons. The third-order valence-corrected chi connectivity index (χ3v) is 3.19. The molecular formula is C18H16F6O7. The Hall–Kier alpha value is -3.35. The van der Waals surface area contributed by atoms with Gasteiger partial charge in [-0.2, -0.15) is 0 Å². The van der Waals surface area contributed by atoms with Crippen LogP contribution in [0.25, 0.3) is 0 Å². The van der Waals surface area contributed by atoms with Gasteiger partial charge in [0.1, 0.15) is 23.0 Å². The van der Waals surface area contributed by atoms with Gasteiger partial charge in [0.2, 0.25) is 0 Å².